The molecule has 0 atom stereocenters. The fourth-order valence-corrected chi connectivity index (χ4v) is 5.89. The van der Waals surface area contributed by atoms with Crippen LogP contribution in [0.2, 0.25) is 12.1 Å². The van der Waals surface area contributed by atoms with Gasteiger partial charge in [0.25, 0.3) is 0 Å². The van der Waals surface area contributed by atoms with Crippen LogP contribution in [0.1, 0.15) is 12.8 Å². The Kier molecular flexibility index (Phi) is 11.7. The summed E-state index contributed by atoms with van der Waals surface area (Å²) >= 11 is 0. The van der Waals surface area contributed by atoms with Gasteiger partial charge in [-0.1, -0.05) is 6.58 Å². The standard InChI is InChI=1S/C14H34N2O6Si2/c1-14(15)16(10-8-12-23(17-2,18-3)19-4)11-9-13-24(20-5,21-6)22-7/h1,8-13,15H2,2-7H3. The maximum atomic E-state index is 5.90. The van der Waals surface area contributed by atoms with Crippen molar-refractivity contribution in [3.8, 4) is 0 Å². The zero-order chi connectivity index (χ0) is 18.6. The third-order valence-electron chi connectivity index (χ3n) is 4.09. The summed E-state index contributed by atoms with van der Waals surface area (Å²) in [7, 11) is 4.59. The summed E-state index contributed by atoms with van der Waals surface area (Å²) < 4.78 is 32.6. The van der Waals surface area contributed by atoms with E-state index in [1.807, 2.05) is 4.90 Å². The maximum Gasteiger partial charge on any atom is 0.500 e. The van der Waals surface area contributed by atoms with Crippen molar-refractivity contribution >= 4 is 17.6 Å². The van der Waals surface area contributed by atoms with Crippen molar-refractivity contribution < 1.29 is 26.6 Å². The molecule has 0 aromatic heterocycles. The molecular weight excluding hydrogens is 348 g/mol. The van der Waals surface area contributed by atoms with Crippen molar-refractivity contribution in [1.29, 1.82) is 0 Å². The van der Waals surface area contributed by atoms with Crippen molar-refractivity contribution in [2.24, 2.45) is 5.73 Å². The van der Waals surface area contributed by atoms with Crippen LogP contribution in [-0.4, -0.2) is 78.3 Å². The van der Waals surface area contributed by atoms with Gasteiger partial charge in [-0.25, -0.2) is 0 Å². The van der Waals surface area contributed by atoms with Gasteiger partial charge in [0.1, 0.15) is 0 Å². The summed E-state index contributed by atoms with van der Waals surface area (Å²) in [6, 6.07) is 1.43. The molecule has 0 aliphatic rings. The molecule has 0 saturated carbocycles. The molecule has 0 fully saturated rings. The molecule has 0 saturated heterocycles. The second-order valence-electron chi connectivity index (χ2n) is 5.28. The summed E-state index contributed by atoms with van der Waals surface area (Å²) in [5.74, 6) is 0.536. The van der Waals surface area contributed by atoms with Crippen LogP contribution in [0, 0.1) is 0 Å². The minimum atomic E-state index is -2.55. The molecule has 0 aliphatic carbocycles. The van der Waals surface area contributed by atoms with Crippen LogP contribution in [0.4, 0.5) is 0 Å². The lowest BCUT2D eigenvalue weighted by Crippen LogP contribution is -2.44. The summed E-state index contributed by atoms with van der Waals surface area (Å²) in [6.45, 7) is 5.35. The second-order valence-corrected chi connectivity index (χ2v) is 11.5. The maximum absolute atomic E-state index is 5.90. The first-order valence-corrected chi connectivity index (χ1v) is 11.7. The zero-order valence-electron chi connectivity index (χ0n) is 15.9. The van der Waals surface area contributed by atoms with Crippen molar-refractivity contribution in [3.63, 3.8) is 0 Å². The average molecular weight is 383 g/mol. The topological polar surface area (TPSA) is 84.6 Å². The van der Waals surface area contributed by atoms with Crippen LogP contribution >= 0.6 is 0 Å². The van der Waals surface area contributed by atoms with Crippen molar-refractivity contribution in [1.82, 2.24) is 4.90 Å². The Morgan fingerprint density at radius 3 is 1.25 bits per heavy atom. The summed E-state index contributed by atoms with van der Waals surface area (Å²) in [4.78, 5) is 2.03. The Bertz CT molecular complexity index is 312. The highest BCUT2D eigenvalue weighted by molar-refractivity contribution is 6.60. The molecular formula is C14H34N2O6Si2. The van der Waals surface area contributed by atoms with Gasteiger partial charge in [0.15, 0.2) is 0 Å². The largest absolute Gasteiger partial charge is 0.500 e. The number of nitrogens with zero attached hydrogens (tertiary/aromatic N) is 1. The molecule has 144 valence electrons. The van der Waals surface area contributed by atoms with Crippen LogP contribution in [0.25, 0.3) is 0 Å². The van der Waals surface area contributed by atoms with E-state index in [4.69, 9.17) is 32.3 Å². The van der Waals surface area contributed by atoms with Gasteiger partial charge in [0.2, 0.25) is 0 Å². The average Bonchev–Trinajstić information content (AvgIpc) is 2.61. The SMILES string of the molecule is C=C(N)N(CCC[Si](OC)(OC)OC)CCC[Si](OC)(OC)OC. The van der Waals surface area contributed by atoms with Crippen LogP contribution < -0.4 is 5.73 Å². The first-order valence-electron chi connectivity index (χ1n) is 7.88. The molecule has 0 aliphatic heterocycles. The molecule has 0 amide bonds. The monoisotopic (exact) mass is 382 g/mol. The van der Waals surface area contributed by atoms with Gasteiger partial charge in [0.05, 0.1) is 5.82 Å². The fraction of sp³-hybridized carbons (Fsp3) is 0.857. The fourth-order valence-electron chi connectivity index (χ4n) is 2.48. The predicted octanol–water partition coefficient (Wildman–Crippen LogP) is 1.25. The van der Waals surface area contributed by atoms with Gasteiger partial charge in [0, 0.05) is 67.8 Å². The number of hydrogen-bond donors (Lipinski definition) is 1. The molecule has 0 aromatic carbocycles. The van der Waals surface area contributed by atoms with Gasteiger partial charge in [-0.3, -0.25) is 0 Å². The molecule has 0 aromatic rings. The lowest BCUT2D eigenvalue weighted by Gasteiger charge is -2.29. The van der Waals surface area contributed by atoms with Gasteiger partial charge in [-0.15, -0.1) is 0 Å². The van der Waals surface area contributed by atoms with E-state index < -0.39 is 17.6 Å². The van der Waals surface area contributed by atoms with Crippen LogP contribution in [0.15, 0.2) is 12.4 Å². The molecule has 10 heteroatoms. The third-order valence-corrected chi connectivity index (χ3v) is 9.76. The Morgan fingerprint density at radius 2 is 1.04 bits per heavy atom. The van der Waals surface area contributed by atoms with Crippen molar-refractivity contribution in [3.05, 3.63) is 12.4 Å². The molecule has 0 unspecified atom stereocenters. The second kappa shape index (κ2) is 12.0. The van der Waals surface area contributed by atoms with Crippen LogP contribution in [0.3, 0.4) is 0 Å². The Labute approximate surface area is 148 Å². The first-order chi connectivity index (χ1) is 11.4. The number of nitrogens with two attached hydrogens (primary N) is 1. The normalized spacial score (nSPS) is 12.4. The lowest BCUT2D eigenvalue weighted by molar-refractivity contribution is 0.120. The van der Waals surface area contributed by atoms with E-state index in [1.54, 1.807) is 42.7 Å². The number of hydrogen-bond acceptors (Lipinski definition) is 8. The summed E-state index contributed by atoms with van der Waals surface area (Å²) in [5, 5.41) is 0. The van der Waals surface area contributed by atoms with E-state index in [0.717, 1.165) is 25.9 Å². The summed E-state index contributed by atoms with van der Waals surface area (Å²) in [6.07, 6.45) is 1.67. The van der Waals surface area contributed by atoms with Gasteiger partial charge >= 0.3 is 17.6 Å². The molecule has 24 heavy (non-hydrogen) atoms. The Morgan fingerprint density at radius 1 is 0.750 bits per heavy atom. The van der Waals surface area contributed by atoms with Gasteiger partial charge in [-0.2, -0.15) is 0 Å². The highest BCUT2D eigenvalue weighted by Crippen LogP contribution is 2.18. The smallest absolute Gasteiger partial charge is 0.386 e. The molecule has 0 bridgehead atoms. The molecule has 0 radical (unpaired) electrons. The highest BCUT2D eigenvalue weighted by atomic mass is 28.4. The van der Waals surface area contributed by atoms with E-state index >= 15 is 0 Å². The molecule has 0 heterocycles. The van der Waals surface area contributed by atoms with Gasteiger partial charge < -0.3 is 37.2 Å². The molecule has 2 N–H and O–H groups in total. The Balaban J connectivity index is 4.45. The highest BCUT2D eigenvalue weighted by Gasteiger charge is 2.38. The quantitative estimate of drug-likeness (QED) is 0.424. The minimum absolute atomic E-state index is 0.536. The zero-order valence-corrected chi connectivity index (χ0v) is 17.9. The van der Waals surface area contributed by atoms with Crippen molar-refractivity contribution in [2.45, 2.75) is 24.9 Å². The van der Waals surface area contributed by atoms with E-state index in [1.165, 1.54) is 0 Å². The van der Waals surface area contributed by atoms with Crippen molar-refractivity contribution in [2.75, 3.05) is 55.7 Å². The predicted molar refractivity (Wildman–Crippen MR) is 97.3 cm³/mol. The van der Waals surface area contributed by atoms with E-state index in [-0.39, 0.29) is 0 Å². The van der Waals surface area contributed by atoms with Gasteiger partial charge in [-0.05, 0) is 12.8 Å². The number of rotatable bonds is 15. The molecule has 0 rings (SSSR count). The van der Waals surface area contributed by atoms with Crippen LogP contribution in [-0.2, 0) is 26.6 Å². The molecule has 0 spiro atoms. The summed E-state index contributed by atoms with van der Waals surface area (Å²) in [5.41, 5.74) is 5.90. The van der Waals surface area contributed by atoms with E-state index in [9.17, 15) is 0 Å². The van der Waals surface area contributed by atoms with E-state index in [2.05, 4.69) is 6.58 Å². The van der Waals surface area contributed by atoms with E-state index in [0.29, 0.717) is 17.9 Å². The lowest BCUT2D eigenvalue weighted by atomic mass is 10.3. The minimum Gasteiger partial charge on any atom is -0.386 e. The third kappa shape index (κ3) is 7.19. The van der Waals surface area contributed by atoms with Crippen LogP contribution in [0.5, 0.6) is 0 Å². The molecule has 8 nitrogen and oxygen atoms in total. The Hall–Kier alpha value is -0.466. The first kappa shape index (κ1) is 23.5.